The van der Waals surface area contributed by atoms with Gasteiger partial charge in [-0.1, -0.05) is 0 Å². The van der Waals surface area contributed by atoms with Crippen LogP contribution in [-0.4, -0.2) is 42.6 Å². The van der Waals surface area contributed by atoms with Crippen molar-refractivity contribution < 1.29 is 0 Å². The summed E-state index contributed by atoms with van der Waals surface area (Å²) in [6, 6.07) is 0.468. The molecule has 2 N–H and O–H groups in total. The molecule has 0 aromatic rings. The Hall–Kier alpha value is 0.270. The molecule has 66 valence electrons. The van der Waals surface area contributed by atoms with Gasteiger partial charge in [-0.15, -0.1) is 0 Å². The van der Waals surface area contributed by atoms with Gasteiger partial charge in [0.1, 0.15) is 0 Å². The molecular weight excluding hydrogens is 156 g/mol. The summed E-state index contributed by atoms with van der Waals surface area (Å²) >= 11 is 1.94. The Bertz CT molecular complexity index is 102. The van der Waals surface area contributed by atoms with Crippen molar-refractivity contribution >= 4 is 11.8 Å². The Kier molecular flexibility index (Phi) is 4.26. The zero-order chi connectivity index (χ0) is 8.10. The van der Waals surface area contributed by atoms with E-state index in [1.165, 1.54) is 25.1 Å². The number of hydrogen-bond acceptors (Lipinski definition) is 3. The maximum absolute atomic E-state index is 5.65. The topological polar surface area (TPSA) is 29.3 Å². The van der Waals surface area contributed by atoms with Crippen molar-refractivity contribution in [2.24, 2.45) is 5.73 Å². The number of rotatable bonds is 5. The van der Waals surface area contributed by atoms with Crippen molar-refractivity contribution in [3.05, 3.63) is 0 Å². The number of likely N-dealkylation sites (tertiary alicyclic amines) is 1. The van der Waals surface area contributed by atoms with Gasteiger partial charge in [-0.05, 0) is 31.4 Å². The molecule has 1 aliphatic rings. The van der Waals surface area contributed by atoms with E-state index in [0.717, 1.165) is 13.1 Å². The predicted octanol–water partition coefficient (Wildman–Crippen LogP) is 0.773. The fraction of sp³-hybridized carbons (Fsp3) is 1.00. The van der Waals surface area contributed by atoms with Crippen LogP contribution in [-0.2, 0) is 0 Å². The highest BCUT2D eigenvalue weighted by Gasteiger charge is 2.21. The fourth-order valence-electron chi connectivity index (χ4n) is 1.37. The van der Waals surface area contributed by atoms with Crippen LogP contribution >= 0.6 is 11.8 Å². The highest BCUT2D eigenvalue weighted by atomic mass is 32.2. The normalized spacial score (nSPS) is 20.2. The van der Waals surface area contributed by atoms with Crippen LogP contribution in [0.4, 0.5) is 0 Å². The Morgan fingerprint density at radius 1 is 1.45 bits per heavy atom. The molecule has 2 nitrogen and oxygen atoms in total. The van der Waals surface area contributed by atoms with Crippen molar-refractivity contribution in [3.8, 4) is 0 Å². The Morgan fingerprint density at radius 2 is 2.18 bits per heavy atom. The van der Waals surface area contributed by atoms with E-state index >= 15 is 0 Å². The second-order valence-corrected chi connectivity index (χ2v) is 4.21. The highest BCUT2D eigenvalue weighted by Crippen LogP contribution is 2.07. The second-order valence-electron chi connectivity index (χ2n) is 3.22. The molecular formula is C8H18N2S. The average molecular weight is 174 g/mol. The van der Waals surface area contributed by atoms with Crippen molar-refractivity contribution in [1.82, 2.24) is 4.90 Å². The molecule has 1 fully saturated rings. The third-order valence-corrected chi connectivity index (χ3v) is 2.76. The van der Waals surface area contributed by atoms with Gasteiger partial charge in [0.2, 0.25) is 0 Å². The van der Waals surface area contributed by atoms with Crippen LogP contribution in [0.2, 0.25) is 0 Å². The summed E-state index contributed by atoms with van der Waals surface area (Å²) in [4.78, 5) is 2.44. The number of nitrogens with two attached hydrogens (primary N) is 1. The van der Waals surface area contributed by atoms with Gasteiger partial charge < -0.3 is 10.6 Å². The van der Waals surface area contributed by atoms with Crippen molar-refractivity contribution in [2.45, 2.75) is 18.9 Å². The van der Waals surface area contributed by atoms with Crippen molar-refractivity contribution in [3.63, 3.8) is 0 Å². The van der Waals surface area contributed by atoms with E-state index in [0.29, 0.717) is 6.04 Å². The summed E-state index contributed by atoms with van der Waals surface area (Å²) in [6.07, 6.45) is 4.86. The molecule has 1 rings (SSSR count). The molecule has 1 heterocycles. The fourth-order valence-corrected chi connectivity index (χ4v) is 1.87. The SMILES string of the molecule is CSCCCCN1CC(N)C1. The minimum atomic E-state index is 0.468. The third-order valence-electron chi connectivity index (χ3n) is 2.06. The Balaban J connectivity index is 1.81. The van der Waals surface area contributed by atoms with Crippen LogP contribution in [0.15, 0.2) is 0 Å². The molecule has 0 spiro atoms. The molecule has 0 saturated carbocycles. The largest absolute Gasteiger partial charge is 0.325 e. The van der Waals surface area contributed by atoms with Crippen LogP contribution in [0.5, 0.6) is 0 Å². The van der Waals surface area contributed by atoms with Gasteiger partial charge >= 0.3 is 0 Å². The minimum absolute atomic E-state index is 0.468. The van der Waals surface area contributed by atoms with E-state index in [4.69, 9.17) is 5.73 Å². The summed E-state index contributed by atoms with van der Waals surface area (Å²) < 4.78 is 0. The summed E-state index contributed by atoms with van der Waals surface area (Å²) in [6.45, 7) is 3.51. The minimum Gasteiger partial charge on any atom is -0.325 e. The van der Waals surface area contributed by atoms with Gasteiger partial charge in [-0.25, -0.2) is 0 Å². The van der Waals surface area contributed by atoms with E-state index in [1.54, 1.807) is 0 Å². The molecule has 0 atom stereocenters. The van der Waals surface area contributed by atoms with E-state index in [-0.39, 0.29) is 0 Å². The van der Waals surface area contributed by atoms with Gasteiger partial charge in [0, 0.05) is 19.1 Å². The van der Waals surface area contributed by atoms with Gasteiger partial charge in [-0.2, -0.15) is 11.8 Å². The molecule has 3 heteroatoms. The number of nitrogens with zero attached hydrogens (tertiary/aromatic N) is 1. The predicted molar refractivity (Wildman–Crippen MR) is 52.0 cm³/mol. The monoisotopic (exact) mass is 174 g/mol. The van der Waals surface area contributed by atoms with Crippen LogP contribution in [0, 0.1) is 0 Å². The summed E-state index contributed by atoms with van der Waals surface area (Å²) in [7, 11) is 0. The molecule has 1 aliphatic heterocycles. The second kappa shape index (κ2) is 5.01. The molecule has 0 bridgehead atoms. The molecule has 0 aromatic heterocycles. The van der Waals surface area contributed by atoms with Crippen molar-refractivity contribution in [1.29, 1.82) is 0 Å². The lowest BCUT2D eigenvalue weighted by Gasteiger charge is -2.36. The lowest BCUT2D eigenvalue weighted by molar-refractivity contribution is 0.149. The van der Waals surface area contributed by atoms with Gasteiger partial charge in [0.15, 0.2) is 0 Å². The van der Waals surface area contributed by atoms with Gasteiger partial charge in [0.05, 0.1) is 0 Å². The molecule has 11 heavy (non-hydrogen) atoms. The van der Waals surface area contributed by atoms with Crippen LogP contribution in [0.3, 0.4) is 0 Å². The Morgan fingerprint density at radius 3 is 2.73 bits per heavy atom. The summed E-state index contributed by atoms with van der Waals surface area (Å²) in [5, 5.41) is 0. The van der Waals surface area contributed by atoms with E-state index in [1.807, 2.05) is 11.8 Å². The lowest BCUT2D eigenvalue weighted by Crippen LogP contribution is -2.55. The first-order valence-corrected chi connectivity index (χ1v) is 5.69. The van der Waals surface area contributed by atoms with Crippen LogP contribution < -0.4 is 5.73 Å². The standard InChI is InChI=1S/C8H18N2S/c1-11-5-3-2-4-10-6-8(9)7-10/h8H,2-7,9H2,1H3. The van der Waals surface area contributed by atoms with Gasteiger partial charge in [0.25, 0.3) is 0 Å². The first-order chi connectivity index (χ1) is 5.33. The number of thioether (sulfide) groups is 1. The lowest BCUT2D eigenvalue weighted by atomic mass is 10.1. The zero-order valence-electron chi connectivity index (χ0n) is 7.25. The number of unbranched alkanes of at least 4 members (excludes halogenated alkanes) is 1. The zero-order valence-corrected chi connectivity index (χ0v) is 8.07. The first-order valence-electron chi connectivity index (χ1n) is 4.30. The Labute approximate surface area is 73.5 Å². The molecule has 0 radical (unpaired) electrons. The van der Waals surface area contributed by atoms with E-state index < -0.39 is 0 Å². The molecule has 0 unspecified atom stereocenters. The van der Waals surface area contributed by atoms with Crippen LogP contribution in [0.1, 0.15) is 12.8 Å². The highest BCUT2D eigenvalue weighted by molar-refractivity contribution is 7.98. The molecule has 0 amide bonds. The average Bonchev–Trinajstić information content (AvgIpc) is 1.94. The van der Waals surface area contributed by atoms with Gasteiger partial charge in [-0.3, -0.25) is 0 Å². The molecule has 0 aromatic carbocycles. The molecule has 1 saturated heterocycles. The number of hydrogen-bond donors (Lipinski definition) is 1. The first kappa shape index (κ1) is 9.36. The third kappa shape index (κ3) is 3.45. The van der Waals surface area contributed by atoms with E-state index in [2.05, 4.69) is 11.2 Å². The quantitative estimate of drug-likeness (QED) is 0.624. The van der Waals surface area contributed by atoms with Crippen LogP contribution in [0.25, 0.3) is 0 Å². The summed E-state index contributed by atoms with van der Waals surface area (Å²) in [5.41, 5.74) is 5.65. The maximum Gasteiger partial charge on any atom is 0.0297 e. The van der Waals surface area contributed by atoms with E-state index in [9.17, 15) is 0 Å². The van der Waals surface area contributed by atoms with Crippen molar-refractivity contribution in [2.75, 3.05) is 31.6 Å². The summed E-state index contributed by atoms with van der Waals surface area (Å²) in [5.74, 6) is 1.31. The maximum atomic E-state index is 5.65. The molecule has 0 aliphatic carbocycles. The smallest absolute Gasteiger partial charge is 0.0297 e.